The van der Waals surface area contributed by atoms with E-state index < -0.39 is 0 Å². The highest BCUT2D eigenvalue weighted by molar-refractivity contribution is 7.10. The average molecular weight is 388 g/mol. The van der Waals surface area contributed by atoms with Crippen LogP contribution in [0, 0.1) is 0 Å². The highest BCUT2D eigenvalue weighted by Gasteiger charge is 2.25. The largest absolute Gasteiger partial charge is 0.326 e. The lowest BCUT2D eigenvalue weighted by Crippen LogP contribution is -2.92. The molecule has 0 spiro atoms. The first kappa shape index (κ1) is 18.4. The van der Waals surface area contributed by atoms with Crippen LogP contribution in [0.25, 0.3) is 10.8 Å². The number of benzene rings is 3. The molecule has 1 aromatic heterocycles. The van der Waals surface area contributed by atoms with Gasteiger partial charge in [-0.3, -0.25) is 4.79 Å². The van der Waals surface area contributed by atoms with Crippen molar-refractivity contribution in [3.63, 3.8) is 0 Å². The molecule has 3 aromatic carbocycles. The number of thiophene rings is 1. The van der Waals surface area contributed by atoms with Crippen molar-refractivity contribution in [3.05, 3.63) is 101 Å². The number of anilines is 1. The van der Waals surface area contributed by atoms with Crippen LogP contribution in [-0.2, 0) is 4.79 Å². The third kappa shape index (κ3) is 4.14. The van der Waals surface area contributed by atoms with E-state index in [-0.39, 0.29) is 18.0 Å². The fourth-order valence-electron chi connectivity index (χ4n) is 3.40. The summed E-state index contributed by atoms with van der Waals surface area (Å²) in [7, 11) is 0. The summed E-state index contributed by atoms with van der Waals surface area (Å²) in [5, 5.41) is 9.58. The highest BCUT2D eigenvalue weighted by atomic mass is 32.1. The molecule has 4 aromatic rings. The fraction of sp³-hybridized carbons (Fsp3) is 0.125. The highest BCUT2D eigenvalue weighted by Crippen LogP contribution is 2.23. The predicted octanol–water partition coefficient (Wildman–Crippen LogP) is 4.58. The molecular formula is C24H23N2OS+. The SMILES string of the molecule is C[C@@H]([NH2+][C@@H](c1ccccc1)c1cccs1)C(=O)Nc1ccc2ccccc2c1. The van der Waals surface area contributed by atoms with Gasteiger partial charge in [-0.25, -0.2) is 0 Å². The Balaban J connectivity index is 1.50. The van der Waals surface area contributed by atoms with Gasteiger partial charge in [0.25, 0.3) is 5.91 Å². The van der Waals surface area contributed by atoms with Gasteiger partial charge < -0.3 is 10.6 Å². The van der Waals surface area contributed by atoms with E-state index >= 15 is 0 Å². The van der Waals surface area contributed by atoms with Crippen LogP contribution in [0.5, 0.6) is 0 Å². The molecule has 2 atom stereocenters. The summed E-state index contributed by atoms with van der Waals surface area (Å²) in [4.78, 5) is 14.1. The number of hydrogen-bond donors (Lipinski definition) is 2. The van der Waals surface area contributed by atoms with E-state index in [1.54, 1.807) is 11.3 Å². The molecule has 4 heteroatoms. The van der Waals surface area contributed by atoms with Crippen molar-refractivity contribution in [3.8, 4) is 0 Å². The maximum Gasteiger partial charge on any atom is 0.282 e. The van der Waals surface area contributed by atoms with Crippen molar-refractivity contribution in [1.29, 1.82) is 0 Å². The van der Waals surface area contributed by atoms with Gasteiger partial charge in [-0.15, -0.1) is 11.3 Å². The van der Waals surface area contributed by atoms with Crippen LogP contribution in [0.3, 0.4) is 0 Å². The van der Waals surface area contributed by atoms with E-state index in [4.69, 9.17) is 0 Å². The molecule has 0 radical (unpaired) electrons. The molecule has 0 saturated carbocycles. The number of carbonyl (C=O) groups is 1. The Morgan fingerprint density at radius 1 is 0.893 bits per heavy atom. The average Bonchev–Trinajstić information content (AvgIpc) is 3.27. The Bertz CT molecular complexity index is 1060. The normalized spacial score (nSPS) is 13.2. The first-order valence-electron chi connectivity index (χ1n) is 9.44. The second-order valence-electron chi connectivity index (χ2n) is 6.94. The lowest BCUT2D eigenvalue weighted by Gasteiger charge is -2.19. The van der Waals surface area contributed by atoms with E-state index in [0.29, 0.717) is 0 Å². The van der Waals surface area contributed by atoms with Crippen LogP contribution < -0.4 is 10.6 Å². The van der Waals surface area contributed by atoms with Gasteiger partial charge in [0, 0.05) is 11.3 Å². The maximum atomic E-state index is 12.8. The molecule has 140 valence electrons. The van der Waals surface area contributed by atoms with Gasteiger partial charge >= 0.3 is 0 Å². The van der Waals surface area contributed by atoms with Crippen molar-refractivity contribution in [1.82, 2.24) is 0 Å². The standard InChI is InChI=1S/C24H22N2OS/c1-17(24(27)26-21-14-13-18-8-5-6-11-20(18)16-21)25-23(22-12-7-15-28-22)19-9-3-2-4-10-19/h2-17,23,25H,1H3,(H,26,27)/p+1/t17-,23+/m1/s1. The van der Waals surface area contributed by atoms with Crippen LogP contribution in [0.1, 0.15) is 23.4 Å². The molecule has 4 rings (SSSR count). The first-order chi connectivity index (χ1) is 13.7. The van der Waals surface area contributed by atoms with E-state index in [9.17, 15) is 4.79 Å². The topological polar surface area (TPSA) is 45.7 Å². The molecule has 0 aliphatic heterocycles. The third-order valence-corrected chi connectivity index (χ3v) is 5.88. The zero-order chi connectivity index (χ0) is 19.3. The van der Waals surface area contributed by atoms with Crippen LogP contribution in [0.15, 0.2) is 90.3 Å². The lowest BCUT2D eigenvalue weighted by molar-refractivity contribution is -0.703. The number of amides is 1. The molecule has 3 nitrogen and oxygen atoms in total. The molecule has 0 unspecified atom stereocenters. The fourth-order valence-corrected chi connectivity index (χ4v) is 4.23. The minimum Gasteiger partial charge on any atom is -0.326 e. The number of nitrogens with two attached hydrogens (primary N) is 1. The summed E-state index contributed by atoms with van der Waals surface area (Å²) in [6.07, 6.45) is 0. The second-order valence-corrected chi connectivity index (χ2v) is 7.92. The van der Waals surface area contributed by atoms with Crippen molar-refractivity contribution in [2.45, 2.75) is 19.0 Å². The number of carbonyl (C=O) groups excluding carboxylic acids is 1. The van der Waals surface area contributed by atoms with Gasteiger partial charge in [-0.1, -0.05) is 66.7 Å². The molecule has 1 amide bonds. The molecule has 0 aliphatic rings. The number of rotatable bonds is 6. The third-order valence-electron chi connectivity index (χ3n) is 4.92. The summed E-state index contributed by atoms with van der Waals surface area (Å²) < 4.78 is 0. The van der Waals surface area contributed by atoms with Gasteiger partial charge in [-0.2, -0.15) is 0 Å². The predicted molar refractivity (Wildman–Crippen MR) is 117 cm³/mol. The summed E-state index contributed by atoms with van der Waals surface area (Å²) in [6.45, 7) is 1.96. The molecule has 0 fully saturated rings. The molecule has 28 heavy (non-hydrogen) atoms. The number of hydrogen-bond acceptors (Lipinski definition) is 2. The van der Waals surface area contributed by atoms with Gasteiger partial charge in [0.05, 0.1) is 4.88 Å². The Labute approximate surface area is 169 Å². The van der Waals surface area contributed by atoms with Crippen LogP contribution >= 0.6 is 11.3 Å². The minimum absolute atomic E-state index is 0.00719. The van der Waals surface area contributed by atoms with Crippen molar-refractivity contribution in [2.75, 3.05) is 5.32 Å². The lowest BCUT2D eigenvalue weighted by atomic mass is 10.0. The summed E-state index contributed by atoms with van der Waals surface area (Å²) in [6, 6.07) is 28.6. The smallest absolute Gasteiger partial charge is 0.282 e. The number of quaternary nitrogens is 1. The molecule has 3 N–H and O–H groups in total. The maximum absolute atomic E-state index is 12.8. The zero-order valence-corrected chi connectivity index (χ0v) is 16.5. The van der Waals surface area contributed by atoms with Gasteiger partial charge in [0.1, 0.15) is 6.04 Å². The molecular weight excluding hydrogens is 364 g/mol. The molecule has 0 bridgehead atoms. The monoisotopic (exact) mass is 387 g/mol. The summed E-state index contributed by atoms with van der Waals surface area (Å²) in [5.74, 6) is 0.00719. The number of fused-ring (bicyclic) bond motifs is 1. The van der Waals surface area contributed by atoms with Crippen LogP contribution in [0.2, 0.25) is 0 Å². The van der Waals surface area contributed by atoms with Gasteiger partial charge in [0.15, 0.2) is 6.04 Å². The van der Waals surface area contributed by atoms with Crippen molar-refractivity contribution >= 4 is 33.7 Å². The van der Waals surface area contributed by atoms with Crippen molar-refractivity contribution in [2.24, 2.45) is 0 Å². The Morgan fingerprint density at radius 3 is 2.39 bits per heavy atom. The Morgan fingerprint density at radius 2 is 1.64 bits per heavy atom. The Hall–Kier alpha value is -2.95. The van der Waals surface area contributed by atoms with Crippen LogP contribution in [-0.4, -0.2) is 11.9 Å². The van der Waals surface area contributed by atoms with Crippen LogP contribution in [0.4, 0.5) is 5.69 Å². The van der Waals surface area contributed by atoms with Gasteiger partial charge in [-0.05, 0) is 41.3 Å². The van der Waals surface area contributed by atoms with E-state index in [2.05, 4.69) is 52.4 Å². The van der Waals surface area contributed by atoms with E-state index in [1.165, 1.54) is 15.8 Å². The van der Waals surface area contributed by atoms with E-state index in [0.717, 1.165) is 11.1 Å². The Kier molecular flexibility index (Phi) is 5.51. The summed E-state index contributed by atoms with van der Waals surface area (Å²) >= 11 is 1.72. The molecule has 0 saturated heterocycles. The van der Waals surface area contributed by atoms with Crippen molar-refractivity contribution < 1.29 is 10.1 Å². The summed E-state index contributed by atoms with van der Waals surface area (Å²) in [5.41, 5.74) is 2.03. The second kappa shape index (κ2) is 8.38. The zero-order valence-electron chi connectivity index (χ0n) is 15.7. The minimum atomic E-state index is -0.223. The van der Waals surface area contributed by atoms with Gasteiger partial charge in [0.2, 0.25) is 0 Å². The molecule has 0 aliphatic carbocycles. The quantitative estimate of drug-likeness (QED) is 0.500. The molecule has 1 heterocycles. The first-order valence-corrected chi connectivity index (χ1v) is 10.3. The number of nitrogens with one attached hydrogen (secondary N) is 1. The van der Waals surface area contributed by atoms with E-state index in [1.807, 2.05) is 55.5 Å².